The third kappa shape index (κ3) is 3.12. The topological polar surface area (TPSA) is 75.1 Å². The molecule has 0 radical (unpaired) electrons. The average Bonchev–Trinajstić information content (AvgIpc) is 2.26. The van der Waals surface area contributed by atoms with Gasteiger partial charge in [-0.05, 0) is 20.3 Å². The molecule has 0 amide bonds. The summed E-state index contributed by atoms with van der Waals surface area (Å²) in [6, 6.07) is 1.31. The Morgan fingerprint density at radius 3 is 2.42 bits per heavy atom. The molecule has 0 saturated carbocycles. The predicted octanol–water partition coefficient (Wildman–Crippen LogP) is 2.16. The summed E-state index contributed by atoms with van der Waals surface area (Å²) in [4.78, 5) is 18.7. The molecule has 0 aliphatic rings. The van der Waals surface area contributed by atoms with Gasteiger partial charge in [-0.3, -0.25) is 0 Å². The van der Waals surface area contributed by atoms with Gasteiger partial charge >= 0.3 is 12.1 Å². The number of hydrogen-bond donors (Lipinski definition) is 2. The van der Waals surface area contributed by atoms with Crippen LogP contribution >= 0.6 is 0 Å². The molecule has 1 rings (SSSR count). The first-order valence-corrected chi connectivity index (χ1v) is 5.53. The van der Waals surface area contributed by atoms with Crippen LogP contribution in [-0.2, 0) is 11.2 Å². The van der Waals surface area contributed by atoms with Crippen molar-refractivity contribution in [2.24, 2.45) is 0 Å². The van der Waals surface area contributed by atoms with Crippen LogP contribution in [0.3, 0.4) is 0 Å². The normalized spacial score (nSPS) is 14.8. The number of carboxylic acid groups (broad SMARTS) is 1. The third-order valence-electron chi connectivity index (χ3n) is 2.63. The maximum Gasteiger partial charge on any atom is 0.422 e. The Bertz CT molecular complexity index is 491. The number of halogens is 3. The summed E-state index contributed by atoms with van der Waals surface area (Å²) in [5.41, 5.74) is -2.57. The number of aromatic nitrogens is 2. The van der Waals surface area contributed by atoms with Gasteiger partial charge in [0.2, 0.25) is 5.54 Å². The number of hydrogen-bond acceptors (Lipinski definition) is 4. The fourth-order valence-corrected chi connectivity index (χ4v) is 1.38. The molecule has 0 saturated heterocycles. The van der Waals surface area contributed by atoms with Crippen LogP contribution in [0.2, 0.25) is 0 Å². The molecule has 19 heavy (non-hydrogen) atoms. The van der Waals surface area contributed by atoms with Crippen molar-refractivity contribution >= 4 is 11.8 Å². The number of anilines is 1. The molecule has 1 unspecified atom stereocenters. The number of rotatable bonds is 4. The van der Waals surface area contributed by atoms with Crippen LogP contribution in [-0.4, -0.2) is 32.8 Å². The first kappa shape index (κ1) is 15.2. The Kier molecular flexibility index (Phi) is 4.02. The van der Waals surface area contributed by atoms with Crippen LogP contribution in [0.4, 0.5) is 19.0 Å². The fourth-order valence-electron chi connectivity index (χ4n) is 1.38. The molecule has 5 nitrogen and oxygen atoms in total. The summed E-state index contributed by atoms with van der Waals surface area (Å²) in [6.45, 7) is 3.86. The van der Waals surface area contributed by atoms with Crippen LogP contribution in [0.5, 0.6) is 0 Å². The van der Waals surface area contributed by atoms with Crippen molar-refractivity contribution < 1.29 is 23.1 Å². The van der Waals surface area contributed by atoms with Crippen molar-refractivity contribution in [2.45, 2.75) is 38.9 Å². The highest BCUT2D eigenvalue weighted by Gasteiger charge is 2.57. The van der Waals surface area contributed by atoms with E-state index in [1.54, 1.807) is 6.92 Å². The summed E-state index contributed by atoms with van der Waals surface area (Å²) >= 11 is 0. The lowest BCUT2D eigenvalue weighted by atomic mass is 10.0. The van der Waals surface area contributed by atoms with E-state index >= 15 is 0 Å². The van der Waals surface area contributed by atoms with E-state index in [4.69, 9.17) is 5.11 Å². The monoisotopic (exact) mass is 277 g/mol. The Morgan fingerprint density at radius 1 is 1.42 bits per heavy atom. The molecule has 0 fully saturated rings. The molecular weight excluding hydrogens is 263 g/mol. The summed E-state index contributed by atoms with van der Waals surface area (Å²) in [5.74, 6) is -1.90. The quantitative estimate of drug-likeness (QED) is 0.882. The number of carboxylic acids is 1. The van der Waals surface area contributed by atoms with Gasteiger partial charge in [0.05, 0.1) is 0 Å². The van der Waals surface area contributed by atoms with E-state index in [1.807, 2.05) is 5.32 Å². The van der Waals surface area contributed by atoms with Crippen molar-refractivity contribution in [2.75, 3.05) is 5.32 Å². The summed E-state index contributed by atoms with van der Waals surface area (Å²) in [5, 5.41) is 10.7. The smallest absolute Gasteiger partial charge is 0.422 e. The number of nitrogens with one attached hydrogen (secondary N) is 1. The van der Waals surface area contributed by atoms with Gasteiger partial charge in [0.25, 0.3) is 0 Å². The van der Waals surface area contributed by atoms with Crippen LogP contribution in [0.15, 0.2) is 6.07 Å². The molecule has 0 aliphatic heterocycles. The summed E-state index contributed by atoms with van der Waals surface area (Å²) in [7, 11) is 0. The highest BCUT2D eigenvalue weighted by Crippen LogP contribution is 2.33. The zero-order valence-corrected chi connectivity index (χ0v) is 10.7. The van der Waals surface area contributed by atoms with E-state index in [0.29, 0.717) is 19.0 Å². The van der Waals surface area contributed by atoms with Gasteiger partial charge in [-0.1, -0.05) is 6.92 Å². The third-order valence-corrected chi connectivity index (χ3v) is 2.63. The fraction of sp³-hybridized carbons (Fsp3) is 0.545. The van der Waals surface area contributed by atoms with E-state index in [0.717, 1.165) is 0 Å². The number of alkyl halides is 3. The molecule has 0 aliphatic carbocycles. The van der Waals surface area contributed by atoms with Crippen LogP contribution < -0.4 is 5.32 Å². The van der Waals surface area contributed by atoms with Gasteiger partial charge < -0.3 is 10.4 Å². The molecule has 0 spiro atoms. The first-order chi connectivity index (χ1) is 8.60. The van der Waals surface area contributed by atoms with E-state index in [9.17, 15) is 18.0 Å². The van der Waals surface area contributed by atoms with Crippen molar-refractivity contribution in [3.05, 3.63) is 17.6 Å². The lowest BCUT2D eigenvalue weighted by molar-refractivity contribution is -0.192. The molecule has 1 aromatic heterocycles. The zero-order valence-electron chi connectivity index (χ0n) is 10.7. The van der Waals surface area contributed by atoms with Crippen LogP contribution in [0.1, 0.15) is 25.4 Å². The van der Waals surface area contributed by atoms with Crippen LogP contribution in [0, 0.1) is 6.92 Å². The second-order valence-corrected chi connectivity index (χ2v) is 4.20. The maximum absolute atomic E-state index is 12.8. The molecule has 1 atom stereocenters. The van der Waals surface area contributed by atoms with Gasteiger partial charge in [-0.2, -0.15) is 13.2 Å². The summed E-state index contributed by atoms with van der Waals surface area (Å²) in [6.07, 6.45) is -4.45. The van der Waals surface area contributed by atoms with Crippen molar-refractivity contribution in [3.63, 3.8) is 0 Å². The minimum Gasteiger partial charge on any atom is -0.479 e. The number of aliphatic carboxylic acids is 1. The molecule has 8 heteroatoms. The lowest BCUT2D eigenvalue weighted by Crippen LogP contribution is -2.55. The molecule has 1 aromatic rings. The molecule has 1 heterocycles. The predicted molar refractivity (Wildman–Crippen MR) is 61.9 cm³/mol. The second-order valence-electron chi connectivity index (χ2n) is 4.20. The van der Waals surface area contributed by atoms with Crippen molar-refractivity contribution in [3.8, 4) is 0 Å². The van der Waals surface area contributed by atoms with Gasteiger partial charge in [0.15, 0.2) is 0 Å². The van der Waals surface area contributed by atoms with Crippen molar-refractivity contribution in [1.29, 1.82) is 0 Å². The van der Waals surface area contributed by atoms with E-state index in [1.165, 1.54) is 13.0 Å². The largest absolute Gasteiger partial charge is 0.479 e. The first-order valence-electron chi connectivity index (χ1n) is 5.53. The Balaban J connectivity index is 3.18. The number of aryl methyl sites for hydroxylation is 2. The Labute approximate surface area is 107 Å². The highest BCUT2D eigenvalue weighted by molar-refractivity contribution is 5.83. The standard InChI is InChI=1S/C11H14F3N3O2/c1-4-7-5-8(16-6(2)15-7)17-10(3,9(18)19)11(12,13)14/h5H,4H2,1-3H3,(H,18,19)(H,15,16,17). The molecular formula is C11H14F3N3O2. The minimum atomic E-state index is -4.95. The molecule has 2 N–H and O–H groups in total. The van der Waals surface area contributed by atoms with Crippen LogP contribution in [0.25, 0.3) is 0 Å². The zero-order chi connectivity index (χ0) is 14.8. The highest BCUT2D eigenvalue weighted by atomic mass is 19.4. The minimum absolute atomic E-state index is 0.161. The van der Waals surface area contributed by atoms with Gasteiger partial charge in [-0.15, -0.1) is 0 Å². The van der Waals surface area contributed by atoms with Gasteiger partial charge in [0, 0.05) is 11.8 Å². The van der Waals surface area contributed by atoms with E-state index < -0.39 is 17.7 Å². The average molecular weight is 277 g/mol. The Hall–Kier alpha value is -1.86. The molecule has 0 bridgehead atoms. The molecule has 106 valence electrons. The number of carbonyl (C=O) groups is 1. The Morgan fingerprint density at radius 2 is 2.00 bits per heavy atom. The number of nitrogens with zero attached hydrogens (tertiary/aromatic N) is 2. The second kappa shape index (κ2) is 5.02. The molecule has 0 aromatic carbocycles. The van der Waals surface area contributed by atoms with Gasteiger partial charge in [0.1, 0.15) is 11.6 Å². The van der Waals surface area contributed by atoms with Gasteiger partial charge in [-0.25, -0.2) is 14.8 Å². The summed E-state index contributed by atoms with van der Waals surface area (Å²) < 4.78 is 38.5. The van der Waals surface area contributed by atoms with E-state index in [2.05, 4.69) is 9.97 Å². The lowest BCUT2D eigenvalue weighted by Gasteiger charge is -2.29. The van der Waals surface area contributed by atoms with Crippen molar-refractivity contribution in [1.82, 2.24) is 9.97 Å². The van der Waals surface area contributed by atoms with E-state index in [-0.39, 0.29) is 11.6 Å². The SMILES string of the molecule is CCc1cc(NC(C)(C(=O)O)C(F)(F)F)nc(C)n1. The maximum atomic E-state index is 12.8.